The molecule has 2 amide bonds. The molecular formula is C25H34BrN3O4S. The van der Waals surface area contributed by atoms with Gasteiger partial charge in [-0.2, -0.15) is 0 Å². The van der Waals surface area contributed by atoms with Crippen LogP contribution in [0.15, 0.2) is 46.9 Å². The predicted molar refractivity (Wildman–Crippen MR) is 140 cm³/mol. The zero-order valence-corrected chi connectivity index (χ0v) is 23.0. The van der Waals surface area contributed by atoms with Gasteiger partial charge in [-0.25, -0.2) is 8.42 Å². The molecule has 34 heavy (non-hydrogen) atoms. The van der Waals surface area contributed by atoms with E-state index in [0.29, 0.717) is 5.69 Å². The topological polar surface area (TPSA) is 86.8 Å². The number of carbonyl (C=O) groups is 2. The molecule has 0 aliphatic heterocycles. The first-order valence-corrected chi connectivity index (χ1v) is 13.9. The second kappa shape index (κ2) is 11.8. The Morgan fingerprint density at radius 2 is 1.59 bits per heavy atom. The molecule has 2 atom stereocenters. The van der Waals surface area contributed by atoms with E-state index in [1.54, 1.807) is 19.1 Å². The van der Waals surface area contributed by atoms with Crippen LogP contribution in [0.5, 0.6) is 0 Å². The van der Waals surface area contributed by atoms with Crippen LogP contribution in [0, 0.1) is 13.8 Å². The van der Waals surface area contributed by atoms with Gasteiger partial charge in [0.25, 0.3) is 0 Å². The SMILES string of the molecule is CC[C@H](C)NC(=O)[C@@H](C)N(Cc1ccc(Br)cc1)C(=O)CN(c1cc(C)cc(C)c1)S(C)(=O)=O. The predicted octanol–water partition coefficient (Wildman–Crippen LogP) is 4.16. The molecule has 2 aromatic rings. The molecule has 0 unspecified atom stereocenters. The van der Waals surface area contributed by atoms with E-state index in [0.717, 1.165) is 38.1 Å². The maximum Gasteiger partial charge on any atom is 0.244 e. The number of hydrogen-bond donors (Lipinski definition) is 1. The van der Waals surface area contributed by atoms with Crippen LogP contribution < -0.4 is 9.62 Å². The van der Waals surface area contributed by atoms with Gasteiger partial charge in [0, 0.05) is 17.1 Å². The van der Waals surface area contributed by atoms with Gasteiger partial charge in [0.1, 0.15) is 12.6 Å². The number of nitrogens with one attached hydrogen (secondary N) is 1. The largest absolute Gasteiger partial charge is 0.352 e. The molecule has 2 rings (SSSR count). The summed E-state index contributed by atoms with van der Waals surface area (Å²) >= 11 is 3.40. The number of anilines is 1. The van der Waals surface area contributed by atoms with Crippen molar-refractivity contribution in [2.24, 2.45) is 0 Å². The Labute approximate surface area is 211 Å². The molecule has 7 nitrogen and oxygen atoms in total. The Kier molecular flexibility index (Phi) is 9.70. The molecule has 0 heterocycles. The van der Waals surface area contributed by atoms with Crippen molar-refractivity contribution < 1.29 is 18.0 Å². The molecule has 0 aliphatic rings. The van der Waals surface area contributed by atoms with Crippen LogP contribution >= 0.6 is 15.9 Å². The number of amides is 2. The molecule has 0 saturated heterocycles. The van der Waals surface area contributed by atoms with E-state index < -0.39 is 28.5 Å². The number of carbonyl (C=O) groups excluding carboxylic acids is 2. The minimum absolute atomic E-state index is 0.0395. The summed E-state index contributed by atoms with van der Waals surface area (Å²) < 4.78 is 27.3. The van der Waals surface area contributed by atoms with Gasteiger partial charge in [-0.05, 0) is 75.1 Å². The maximum absolute atomic E-state index is 13.5. The Morgan fingerprint density at radius 1 is 1.03 bits per heavy atom. The summed E-state index contributed by atoms with van der Waals surface area (Å²) in [6.45, 7) is 9.05. The van der Waals surface area contributed by atoms with Crippen LogP contribution in [-0.4, -0.2) is 50.0 Å². The van der Waals surface area contributed by atoms with Crippen LogP contribution in [0.3, 0.4) is 0 Å². The summed E-state index contributed by atoms with van der Waals surface area (Å²) in [6.07, 6.45) is 1.84. The lowest BCUT2D eigenvalue weighted by Crippen LogP contribution is -2.52. The molecule has 0 saturated carbocycles. The summed E-state index contributed by atoms with van der Waals surface area (Å²) in [4.78, 5) is 27.9. The molecule has 0 spiro atoms. The third-order valence-corrected chi connectivity index (χ3v) is 7.28. The molecular weight excluding hydrogens is 518 g/mol. The van der Waals surface area contributed by atoms with Crippen molar-refractivity contribution in [3.8, 4) is 0 Å². The quantitative estimate of drug-likeness (QED) is 0.480. The van der Waals surface area contributed by atoms with Crippen molar-refractivity contribution in [2.45, 2.75) is 59.7 Å². The Morgan fingerprint density at radius 3 is 2.09 bits per heavy atom. The summed E-state index contributed by atoms with van der Waals surface area (Å²) in [7, 11) is -3.75. The van der Waals surface area contributed by atoms with Gasteiger partial charge < -0.3 is 10.2 Å². The first-order valence-electron chi connectivity index (χ1n) is 11.2. The van der Waals surface area contributed by atoms with Crippen LogP contribution in [0.2, 0.25) is 0 Å². The Balaban J connectivity index is 2.41. The smallest absolute Gasteiger partial charge is 0.244 e. The number of benzene rings is 2. The van der Waals surface area contributed by atoms with Crippen molar-refractivity contribution in [2.75, 3.05) is 17.1 Å². The summed E-state index contributed by atoms with van der Waals surface area (Å²) in [5.41, 5.74) is 3.04. The number of rotatable bonds is 10. The van der Waals surface area contributed by atoms with E-state index in [1.165, 1.54) is 4.90 Å². The summed E-state index contributed by atoms with van der Waals surface area (Å²) in [6, 6.07) is 12.0. The molecule has 2 aromatic carbocycles. The molecule has 9 heteroatoms. The van der Waals surface area contributed by atoms with Crippen LogP contribution in [0.25, 0.3) is 0 Å². The highest BCUT2D eigenvalue weighted by Crippen LogP contribution is 2.22. The maximum atomic E-state index is 13.5. The Hall–Kier alpha value is -2.39. The third-order valence-electron chi connectivity index (χ3n) is 5.61. The van der Waals surface area contributed by atoms with Crippen LogP contribution in [0.4, 0.5) is 5.69 Å². The van der Waals surface area contributed by atoms with Crippen molar-refractivity contribution >= 4 is 43.5 Å². The number of hydrogen-bond acceptors (Lipinski definition) is 4. The van der Waals surface area contributed by atoms with Gasteiger partial charge in [-0.3, -0.25) is 13.9 Å². The van der Waals surface area contributed by atoms with E-state index >= 15 is 0 Å². The van der Waals surface area contributed by atoms with Gasteiger partial charge in [0.05, 0.1) is 11.9 Å². The molecule has 1 N–H and O–H groups in total. The molecule has 186 valence electrons. The average Bonchev–Trinajstić information content (AvgIpc) is 2.74. The first-order chi connectivity index (χ1) is 15.8. The monoisotopic (exact) mass is 551 g/mol. The number of aryl methyl sites for hydroxylation is 2. The fourth-order valence-electron chi connectivity index (χ4n) is 3.54. The molecule has 0 fully saturated rings. The van der Waals surface area contributed by atoms with Crippen LogP contribution in [0.1, 0.15) is 43.9 Å². The second-order valence-electron chi connectivity index (χ2n) is 8.76. The lowest BCUT2D eigenvalue weighted by molar-refractivity contribution is -0.139. The van der Waals surface area contributed by atoms with E-state index in [2.05, 4.69) is 21.2 Å². The van der Waals surface area contributed by atoms with Crippen molar-refractivity contribution in [1.82, 2.24) is 10.2 Å². The highest BCUT2D eigenvalue weighted by molar-refractivity contribution is 9.10. The minimum Gasteiger partial charge on any atom is -0.352 e. The van der Waals surface area contributed by atoms with E-state index in [9.17, 15) is 18.0 Å². The zero-order valence-electron chi connectivity index (χ0n) is 20.6. The zero-order chi connectivity index (χ0) is 25.6. The fourth-order valence-corrected chi connectivity index (χ4v) is 4.64. The summed E-state index contributed by atoms with van der Waals surface area (Å²) in [5, 5.41) is 2.92. The fraction of sp³-hybridized carbons (Fsp3) is 0.440. The standard InChI is InChI=1S/C25H34BrN3O4S/c1-7-19(4)27-25(31)20(5)28(15-21-8-10-22(26)11-9-21)24(30)16-29(34(6,32)33)23-13-17(2)12-18(3)14-23/h8-14,19-20H,7,15-16H2,1-6H3,(H,27,31)/t19-,20+/m0/s1. The highest BCUT2D eigenvalue weighted by atomic mass is 79.9. The van der Waals surface area contributed by atoms with Gasteiger partial charge >= 0.3 is 0 Å². The average molecular weight is 553 g/mol. The molecule has 0 radical (unpaired) electrons. The van der Waals surface area contributed by atoms with Crippen molar-refractivity contribution in [3.63, 3.8) is 0 Å². The number of nitrogens with zero attached hydrogens (tertiary/aromatic N) is 2. The normalized spacial score (nSPS) is 13.1. The van der Waals surface area contributed by atoms with E-state index in [-0.39, 0.29) is 18.5 Å². The first kappa shape index (κ1) is 27.9. The minimum atomic E-state index is -3.75. The van der Waals surface area contributed by atoms with Crippen molar-refractivity contribution in [1.29, 1.82) is 0 Å². The highest BCUT2D eigenvalue weighted by Gasteiger charge is 2.30. The lowest BCUT2D eigenvalue weighted by Gasteiger charge is -2.32. The van der Waals surface area contributed by atoms with Crippen LogP contribution in [-0.2, 0) is 26.2 Å². The van der Waals surface area contributed by atoms with E-state index in [4.69, 9.17) is 0 Å². The number of halogens is 1. The van der Waals surface area contributed by atoms with Gasteiger partial charge in [0.2, 0.25) is 21.8 Å². The van der Waals surface area contributed by atoms with Gasteiger partial charge in [0.15, 0.2) is 0 Å². The van der Waals surface area contributed by atoms with Gasteiger partial charge in [-0.15, -0.1) is 0 Å². The molecule has 0 aliphatic carbocycles. The van der Waals surface area contributed by atoms with E-state index in [1.807, 2.05) is 58.0 Å². The third kappa shape index (κ3) is 7.84. The Bertz CT molecular complexity index is 1100. The summed E-state index contributed by atoms with van der Waals surface area (Å²) in [5.74, 6) is -0.739. The van der Waals surface area contributed by atoms with Gasteiger partial charge in [-0.1, -0.05) is 41.1 Å². The number of sulfonamides is 1. The second-order valence-corrected chi connectivity index (χ2v) is 11.6. The van der Waals surface area contributed by atoms with Crippen molar-refractivity contribution in [3.05, 3.63) is 63.6 Å². The molecule has 0 aromatic heterocycles. The lowest BCUT2D eigenvalue weighted by atomic mass is 10.1. The molecule has 0 bridgehead atoms.